The van der Waals surface area contributed by atoms with Gasteiger partial charge in [0.2, 0.25) is 5.91 Å². The van der Waals surface area contributed by atoms with Crippen molar-refractivity contribution in [2.45, 2.75) is 40.2 Å². The molecule has 0 unspecified atom stereocenters. The summed E-state index contributed by atoms with van der Waals surface area (Å²) in [5, 5.41) is 2.88. The molecular formula is C9H18ClNO. The molecule has 0 aliphatic carbocycles. The van der Waals surface area contributed by atoms with E-state index in [-0.39, 0.29) is 16.9 Å². The molecule has 12 heavy (non-hydrogen) atoms. The van der Waals surface area contributed by atoms with E-state index in [0.29, 0.717) is 5.88 Å². The number of amides is 1. The van der Waals surface area contributed by atoms with Gasteiger partial charge in [-0.2, -0.15) is 0 Å². The fraction of sp³-hybridized carbons (Fsp3) is 0.889. The molecule has 0 radical (unpaired) electrons. The quantitative estimate of drug-likeness (QED) is 0.666. The van der Waals surface area contributed by atoms with Crippen LogP contribution in [-0.2, 0) is 4.79 Å². The van der Waals surface area contributed by atoms with Gasteiger partial charge in [0.25, 0.3) is 0 Å². The number of alkyl halides is 1. The van der Waals surface area contributed by atoms with Gasteiger partial charge in [-0.15, -0.1) is 11.6 Å². The molecule has 0 aromatic rings. The molecule has 0 fully saturated rings. The van der Waals surface area contributed by atoms with Crippen LogP contribution in [0, 0.1) is 5.41 Å². The lowest BCUT2D eigenvalue weighted by molar-refractivity contribution is -0.129. The minimum Gasteiger partial charge on any atom is -0.350 e. The molecule has 0 bridgehead atoms. The summed E-state index contributed by atoms with van der Waals surface area (Å²) in [5.74, 6) is 0.461. The van der Waals surface area contributed by atoms with Crippen molar-refractivity contribution in [1.82, 2.24) is 5.32 Å². The fourth-order valence-electron chi connectivity index (χ4n) is 0.528. The number of hydrogen-bond donors (Lipinski definition) is 1. The Balaban J connectivity index is 4.20. The zero-order valence-corrected chi connectivity index (χ0v) is 9.25. The Morgan fingerprint density at radius 2 is 1.67 bits per heavy atom. The van der Waals surface area contributed by atoms with Gasteiger partial charge in [-0.25, -0.2) is 0 Å². The van der Waals surface area contributed by atoms with Crippen molar-refractivity contribution in [3.8, 4) is 0 Å². The fourth-order valence-corrected chi connectivity index (χ4v) is 0.595. The first-order valence-corrected chi connectivity index (χ1v) is 4.61. The van der Waals surface area contributed by atoms with Gasteiger partial charge in [0.15, 0.2) is 0 Å². The number of hydrogen-bond acceptors (Lipinski definition) is 1. The van der Waals surface area contributed by atoms with Crippen molar-refractivity contribution in [2.24, 2.45) is 5.41 Å². The summed E-state index contributed by atoms with van der Waals surface area (Å²) in [6.07, 6.45) is 0. The SMILES string of the molecule is CC(C)(CCl)NC(=O)C(C)(C)C. The van der Waals surface area contributed by atoms with Crippen LogP contribution in [-0.4, -0.2) is 17.3 Å². The van der Waals surface area contributed by atoms with Gasteiger partial charge in [-0.1, -0.05) is 20.8 Å². The first-order valence-electron chi connectivity index (χ1n) is 4.07. The lowest BCUT2D eigenvalue weighted by Gasteiger charge is -2.28. The molecule has 0 aliphatic rings. The lowest BCUT2D eigenvalue weighted by Crippen LogP contribution is -2.49. The minimum absolute atomic E-state index is 0.0353. The molecule has 0 heterocycles. The molecule has 1 amide bonds. The largest absolute Gasteiger partial charge is 0.350 e. The van der Waals surface area contributed by atoms with Gasteiger partial charge in [0.1, 0.15) is 0 Å². The van der Waals surface area contributed by atoms with Gasteiger partial charge in [0, 0.05) is 16.8 Å². The molecule has 0 atom stereocenters. The second-order valence-corrected chi connectivity index (χ2v) is 4.99. The Kier molecular flexibility index (Phi) is 3.58. The van der Waals surface area contributed by atoms with Crippen LogP contribution in [0.25, 0.3) is 0 Å². The highest BCUT2D eigenvalue weighted by Crippen LogP contribution is 2.15. The van der Waals surface area contributed by atoms with E-state index in [2.05, 4.69) is 5.32 Å². The average molecular weight is 192 g/mol. The minimum atomic E-state index is -0.344. The Labute approximate surface area is 79.7 Å². The number of rotatable bonds is 2. The second kappa shape index (κ2) is 3.65. The summed E-state index contributed by atoms with van der Waals surface area (Å²) in [6.45, 7) is 9.46. The van der Waals surface area contributed by atoms with E-state index in [0.717, 1.165) is 0 Å². The van der Waals surface area contributed by atoms with E-state index >= 15 is 0 Å². The molecule has 1 N–H and O–H groups in total. The molecule has 0 saturated carbocycles. The molecule has 0 rings (SSSR count). The van der Waals surface area contributed by atoms with Crippen LogP contribution in [0.15, 0.2) is 0 Å². The van der Waals surface area contributed by atoms with Crippen LogP contribution in [0.3, 0.4) is 0 Å². The van der Waals surface area contributed by atoms with E-state index < -0.39 is 0 Å². The van der Waals surface area contributed by atoms with Gasteiger partial charge in [-0.3, -0.25) is 4.79 Å². The number of halogens is 1. The monoisotopic (exact) mass is 191 g/mol. The van der Waals surface area contributed by atoms with E-state index in [1.165, 1.54) is 0 Å². The highest BCUT2D eigenvalue weighted by molar-refractivity contribution is 6.18. The maximum atomic E-state index is 11.5. The zero-order valence-electron chi connectivity index (χ0n) is 8.49. The third-order valence-corrected chi connectivity index (χ3v) is 2.14. The Morgan fingerprint density at radius 3 is 1.92 bits per heavy atom. The molecule has 0 aliphatic heterocycles. The molecule has 0 spiro atoms. The van der Waals surface area contributed by atoms with Crippen LogP contribution in [0.5, 0.6) is 0 Å². The Hall–Kier alpha value is -0.240. The molecular weight excluding hydrogens is 174 g/mol. The predicted octanol–water partition coefficient (Wildman–Crippen LogP) is 2.17. The summed E-state index contributed by atoms with van der Waals surface area (Å²) >= 11 is 5.67. The molecule has 3 heteroatoms. The molecule has 72 valence electrons. The number of carbonyl (C=O) groups excluding carboxylic acids is 1. The van der Waals surface area contributed by atoms with Crippen LogP contribution in [0.1, 0.15) is 34.6 Å². The topological polar surface area (TPSA) is 29.1 Å². The van der Waals surface area contributed by atoms with Crippen LogP contribution >= 0.6 is 11.6 Å². The molecule has 2 nitrogen and oxygen atoms in total. The summed E-state index contributed by atoms with van der Waals surface area (Å²) in [6, 6.07) is 0. The van der Waals surface area contributed by atoms with Crippen molar-refractivity contribution >= 4 is 17.5 Å². The lowest BCUT2D eigenvalue weighted by atomic mass is 9.94. The normalized spacial score (nSPS) is 12.8. The van der Waals surface area contributed by atoms with Crippen molar-refractivity contribution in [1.29, 1.82) is 0 Å². The standard InChI is InChI=1S/C9H18ClNO/c1-8(2,3)7(12)11-9(4,5)6-10/h6H2,1-5H3,(H,11,12). The smallest absolute Gasteiger partial charge is 0.225 e. The van der Waals surface area contributed by atoms with Crippen LogP contribution in [0.4, 0.5) is 0 Å². The first kappa shape index (κ1) is 11.8. The average Bonchev–Trinajstić information content (AvgIpc) is 1.85. The van der Waals surface area contributed by atoms with Crippen molar-refractivity contribution in [2.75, 3.05) is 5.88 Å². The summed E-state index contributed by atoms with van der Waals surface area (Å²) in [5.41, 5.74) is -0.657. The van der Waals surface area contributed by atoms with Gasteiger partial charge in [-0.05, 0) is 13.8 Å². The maximum absolute atomic E-state index is 11.5. The van der Waals surface area contributed by atoms with E-state index in [4.69, 9.17) is 11.6 Å². The highest BCUT2D eigenvalue weighted by atomic mass is 35.5. The number of carbonyl (C=O) groups is 1. The third kappa shape index (κ3) is 3.96. The van der Waals surface area contributed by atoms with E-state index in [1.54, 1.807) is 0 Å². The second-order valence-electron chi connectivity index (χ2n) is 4.72. The van der Waals surface area contributed by atoms with Gasteiger partial charge >= 0.3 is 0 Å². The predicted molar refractivity (Wildman–Crippen MR) is 52.4 cm³/mol. The zero-order chi connectivity index (χ0) is 9.99. The van der Waals surface area contributed by atoms with Crippen LogP contribution < -0.4 is 5.32 Å². The van der Waals surface area contributed by atoms with E-state index in [9.17, 15) is 4.79 Å². The summed E-state index contributed by atoms with van der Waals surface area (Å²) in [7, 11) is 0. The van der Waals surface area contributed by atoms with Crippen LogP contribution in [0.2, 0.25) is 0 Å². The Bertz CT molecular complexity index is 170. The summed E-state index contributed by atoms with van der Waals surface area (Å²) in [4.78, 5) is 11.5. The third-order valence-electron chi connectivity index (χ3n) is 1.47. The maximum Gasteiger partial charge on any atom is 0.225 e. The van der Waals surface area contributed by atoms with E-state index in [1.807, 2.05) is 34.6 Å². The Morgan fingerprint density at radius 1 is 1.25 bits per heavy atom. The molecule has 0 aromatic carbocycles. The number of nitrogens with one attached hydrogen (secondary N) is 1. The first-order chi connectivity index (χ1) is 5.19. The van der Waals surface area contributed by atoms with Crippen molar-refractivity contribution in [3.63, 3.8) is 0 Å². The molecule has 0 saturated heterocycles. The van der Waals surface area contributed by atoms with Crippen molar-refractivity contribution < 1.29 is 4.79 Å². The van der Waals surface area contributed by atoms with Gasteiger partial charge < -0.3 is 5.32 Å². The van der Waals surface area contributed by atoms with Gasteiger partial charge in [0.05, 0.1) is 0 Å². The highest BCUT2D eigenvalue weighted by Gasteiger charge is 2.27. The molecule has 0 aromatic heterocycles. The summed E-state index contributed by atoms with van der Waals surface area (Å²) < 4.78 is 0. The van der Waals surface area contributed by atoms with Crippen molar-refractivity contribution in [3.05, 3.63) is 0 Å².